The van der Waals surface area contributed by atoms with Crippen LogP contribution in [-0.2, 0) is 10.4 Å². The van der Waals surface area contributed by atoms with Crippen LogP contribution in [0.1, 0.15) is 54.9 Å². The van der Waals surface area contributed by atoms with Crippen LogP contribution < -0.4 is 4.74 Å². The van der Waals surface area contributed by atoms with E-state index >= 15 is 0 Å². The maximum Gasteiger partial charge on any atom is 0.258 e. The van der Waals surface area contributed by atoms with Gasteiger partial charge in [0.1, 0.15) is 5.75 Å². The number of hydrogen-bond donors (Lipinski definition) is 1. The van der Waals surface area contributed by atoms with E-state index in [9.17, 15) is 14.7 Å². The third kappa shape index (κ3) is 6.51. The number of amides is 2. The molecule has 0 radical (unpaired) electrons. The van der Waals surface area contributed by atoms with E-state index in [1.165, 1.54) is 4.90 Å². The Hall–Kier alpha value is -2.57. The van der Waals surface area contributed by atoms with E-state index in [1.807, 2.05) is 18.2 Å². The molecule has 2 amide bonds. The van der Waals surface area contributed by atoms with Crippen molar-refractivity contribution in [2.24, 2.45) is 5.92 Å². The van der Waals surface area contributed by atoms with E-state index in [4.69, 9.17) is 16.3 Å². The first kappa shape index (κ1) is 26.0. The molecule has 1 aliphatic heterocycles. The highest BCUT2D eigenvalue weighted by Crippen LogP contribution is 2.28. The minimum Gasteiger partial charge on any atom is -0.494 e. The zero-order valence-corrected chi connectivity index (χ0v) is 21.1. The molecule has 2 aromatic rings. The van der Waals surface area contributed by atoms with Gasteiger partial charge in [0.25, 0.3) is 11.8 Å². The number of unbranched alkanes of at least 4 members (excludes halogenated alkanes) is 1. The van der Waals surface area contributed by atoms with Gasteiger partial charge in [-0.05, 0) is 62.3 Å². The lowest BCUT2D eigenvalue weighted by Gasteiger charge is -2.36. The van der Waals surface area contributed by atoms with Gasteiger partial charge in [0, 0.05) is 27.2 Å². The van der Waals surface area contributed by atoms with E-state index in [0.717, 1.165) is 32.1 Å². The quantitative estimate of drug-likeness (QED) is 0.520. The normalized spacial score (nSPS) is 16.1. The van der Waals surface area contributed by atoms with Gasteiger partial charge in [0.15, 0.2) is 5.60 Å². The standard InChI is InChI=1S/C27H35ClN2O4/c1-27(33,21-10-5-4-6-11-21)26(32)30-16-14-20(15-17-30)9-7-8-18-34-22-12-13-23(24(28)19-22)25(31)29(2)3/h4-6,10-13,19-20,33H,7-9,14-18H2,1-3H3/t27-/m1/s1. The van der Waals surface area contributed by atoms with E-state index < -0.39 is 5.60 Å². The van der Waals surface area contributed by atoms with Gasteiger partial charge in [-0.25, -0.2) is 0 Å². The fourth-order valence-corrected chi connectivity index (χ4v) is 4.60. The Morgan fingerprint density at radius 1 is 1.12 bits per heavy atom. The lowest BCUT2D eigenvalue weighted by atomic mass is 9.89. The van der Waals surface area contributed by atoms with E-state index in [2.05, 4.69) is 0 Å². The molecule has 1 fully saturated rings. The second kappa shape index (κ2) is 11.7. The van der Waals surface area contributed by atoms with E-state index in [1.54, 1.807) is 56.3 Å². The number of carbonyl (C=O) groups excluding carboxylic acids is 2. The Labute approximate surface area is 207 Å². The minimum atomic E-state index is -1.49. The predicted octanol–water partition coefficient (Wildman–Crippen LogP) is 4.74. The summed E-state index contributed by atoms with van der Waals surface area (Å²) in [6.07, 6.45) is 4.98. The highest BCUT2D eigenvalue weighted by molar-refractivity contribution is 6.34. The zero-order valence-electron chi connectivity index (χ0n) is 20.3. The molecular formula is C27H35ClN2O4. The van der Waals surface area contributed by atoms with E-state index in [-0.39, 0.29) is 11.8 Å². The van der Waals surface area contributed by atoms with Crippen molar-refractivity contribution in [2.45, 2.75) is 44.6 Å². The van der Waals surface area contributed by atoms with Gasteiger partial charge in [0.2, 0.25) is 0 Å². The average Bonchev–Trinajstić information content (AvgIpc) is 2.84. The van der Waals surface area contributed by atoms with Crippen molar-refractivity contribution in [1.82, 2.24) is 9.80 Å². The largest absolute Gasteiger partial charge is 0.494 e. The summed E-state index contributed by atoms with van der Waals surface area (Å²) in [5.74, 6) is 0.893. The third-order valence-electron chi connectivity index (χ3n) is 6.51. The molecule has 0 saturated carbocycles. The van der Waals surface area contributed by atoms with Crippen molar-refractivity contribution in [2.75, 3.05) is 33.8 Å². The van der Waals surface area contributed by atoms with Crippen LogP contribution in [0.25, 0.3) is 0 Å². The van der Waals surface area contributed by atoms with Gasteiger partial charge in [-0.1, -0.05) is 48.4 Å². The second-order valence-corrected chi connectivity index (χ2v) is 9.77. The average molecular weight is 487 g/mol. The number of piperidine rings is 1. The maximum atomic E-state index is 12.9. The molecule has 1 heterocycles. The van der Waals surface area contributed by atoms with Crippen LogP contribution in [0.4, 0.5) is 0 Å². The zero-order chi connectivity index (χ0) is 24.7. The number of halogens is 1. The number of aliphatic hydroxyl groups is 1. The summed E-state index contributed by atoms with van der Waals surface area (Å²) in [5, 5.41) is 11.2. The summed E-state index contributed by atoms with van der Waals surface area (Å²) >= 11 is 6.24. The molecule has 6 nitrogen and oxygen atoms in total. The fraction of sp³-hybridized carbons (Fsp3) is 0.481. The number of likely N-dealkylation sites (tertiary alicyclic amines) is 1. The second-order valence-electron chi connectivity index (χ2n) is 9.36. The topological polar surface area (TPSA) is 70.1 Å². The first-order chi connectivity index (χ1) is 16.2. The number of nitrogens with zero attached hydrogens (tertiary/aromatic N) is 2. The van der Waals surface area contributed by atoms with Crippen LogP contribution >= 0.6 is 11.6 Å². The summed E-state index contributed by atoms with van der Waals surface area (Å²) in [6, 6.07) is 14.3. The monoisotopic (exact) mass is 486 g/mol. The highest BCUT2D eigenvalue weighted by atomic mass is 35.5. The minimum absolute atomic E-state index is 0.132. The Morgan fingerprint density at radius 2 is 1.79 bits per heavy atom. The lowest BCUT2D eigenvalue weighted by Crippen LogP contribution is -2.48. The van der Waals surface area contributed by atoms with Gasteiger partial charge in [-0.2, -0.15) is 0 Å². The van der Waals surface area contributed by atoms with Crippen molar-refractivity contribution in [3.05, 3.63) is 64.7 Å². The van der Waals surface area contributed by atoms with Gasteiger partial charge in [0.05, 0.1) is 17.2 Å². The molecule has 3 rings (SSSR count). The summed E-state index contributed by atoms with van der Waals surface area (Å²) in [4.78, 5) is 28.3. The number of hydrogen-bond acceptors (Lipinski definition) is 4. The Morgan fingerprint density at radius 3 is 2.41 bits per heavy atom. The van der Waals surface area contributed by atoms with Crippen LogP contribution in [0.2, 0.25) is 5.02 Å². The number of ether oxygens (including phenoxy) is 1. The van der Waals surface area contributed by atoms with Crippen molar-refractivity contribution >= 4 is 23.4 Å². The molecule has 1 aliphatic rings. The number of rotatable bonds is 9. The molecule has 7 heteroatoms. The van der Waals surface area contributed by atoms with Crippen LogP contribution in [0.5, 0.6) is 5.75 Å². The SMILES string of the molecule is CN(C)C(=O)c1ccc(OCCCCC2CCN(C(=O)[C@](C)(O)c3ccccc3)CC2)cc1Cl. The van der Waals surface area contributed by atoms with Gasteiger partial charge >= 0.3 is 0 Å². The molecule has 184 valence electrons. The predicted molar refractivity (Wildman–Crippen MR) is 134 cm³/mol. The maximum absolute atomic E-state index is 12.9. The van der Waals surface area contributed by atoms with Gasteiger partial charge < -0.3 is 19.6 Å². The van der Waals surface area contributed by atoms with Crippen molar-refractivity contribution in [1.29, 1.82) is 0 Å². The van der Waals surface area contributed by atoms with Gasteiger partial charge in [-0.3, -0.25) is 9.59 Å². The van der Waals surface area contributed by atoms with Crippen LogP contribution in [0.3, 0.4) is 0 Å². The highest BCUT2D eigenvalue weighted by Gasteiger charge is 2.37. The summed E-state index contributed by atoms with van der Waals surface area (Å²) in [6.45, 7) is 3.53. The first-order valence-electron chi connectivity index (χ1n) is 11.9. The summed E-state index contributed by atoms with van der Waals surface area (Å²) < 4.78 is 5.81. The summed E-state index contributed by atoms with van der Waals surface area (Å²) in [7, 11) is 3.39. The number of carbonyl (C=O) groups is 2. The first-order valence-corrected chi connectivity index (χ1v) is 12.3. The van der Waals surface area contributed by atoms with Crippen LogP contribution in [0.15, 0.2) is 48.5 Å². The summed E-state index contributed by atoms with van der Waals surface area (Å²) in [5.41, 5.74) is -0.400. The molecule has 1 atom stereocenters. The lowest BCUT2D eigenvalue weighted by molar-refractivity contribution is -0.152. The molecule has 1 saturated heterocycles. The van der Waals surface area contributed by atoms with Crippen LogP contribution in [-0.4, -0.2) is 60.5 Å². The van der Waals surface area contributed by atoms with Gasteiger partial charge in [-0.15, -0.1) is 0 Å². The molecule has 34 heavy (non-hydrogen) atoms. The van der Waals surface area contributed by atoms with E-state index in [0.29, 0.717) is 47.5 Å². The third-order valence-corrected chi connectivity index (χ3v) is 6.82. The van der Waals surface area contributed by atoms with Crippen molar-refractivity contribution in [3.8, 4) is 5.75 Å². The molecule has 0 aliphatic carbocycles. The number of benzene rings is 2. The Bertz CT molecular complexity index is 970. The van der Waals surface area contributed by atoms with Crippen LogP contribution in [0, 0.1) is 5.92 Å². The Kier molecular flexibility index (Phi) is 8.97. The molecule has 0 unspecified atom stereocenters. The Balaban J connectivity index is 1.36. The molecule has 0 bridgehead atoms. The fourth-order valence-electron chi connectivity index (χ4n) is 4.34. The molecule has 1 N–H and O–H groups in total. The molecule has 0 aromatic heterocycles. The molecule has 2 aromatic carbocycles. The van der Waals surface area contributed by atoms with Crippen molar-refractivity contribution < 1.29 is 19.4 Å². The smallest absolute Gasteiger partial charge is 0.258 e. The molecule has 0 spiro atoms. The van der Waals surface area contributed by atoms with Crippen molar-refractivity contribution in [3.63, 3.8) is 0 Å². The molecular weight excluding hydrogens is 452 g/mol.